The SMILES string of the molecule is CCS(=O)(=O)c1ccc(NC(=O)c2cccc(NC(C)=O)c2)cc1. The summed E-state index contributed by atoms with van der Waals surface area (Å²) in [6.07, 6.45) is 0. The van der Waals surface area contributed by atoms with Crippen LogP contribution in [0, 0.1) is 0 Å². The number of hydrogen-bond acceptors (Lipinski definition) is 4. The van der Waals surface area contributed by atoms with Crippen molar-refractivity contribution < 1.29 is 18.0 Å². The molecule has 0 radical (unpaired) electrons. The molecule has 2 N–H and O–H groups in total. The van der Waals surface area contributed by atoms with Crippen LogP contribution in [0.1, 0.15) is 24.2 Å². The summed E-state index contributed by atoms with van der Waals surface area (Å²) in [7, 11) is -3.27. The number of nitrogens with one attached hydrogen (secondary N) is 2. The van der Waals surface area contributed by atoms with E-state index in [-0.39, 0.29) is 22.5 Å². The molecule has 0 aliphatic carbocycles. The normalized spacial score (nSPS) is 10.9. The van der Waals surface area contributed by atoms with Gasteiger partial charge < -0.3 is 10.6 Å². The van der Waals surface area contributed by atoms with Gasteiger partial charge in [0.2, 0.25) is 5.91 Å². The highest BCUT2D eigenvalue weighted by Gasteiger charge is 2.12. The van der Waals surface area contributed by atoms with E-state index < -0.39 is 9.84 Å². The van der Waals surface area contributed by atoms with Crippen molar-refractivity contribution in [2.45, 2.75) is 18.7 Å². The van der Waals surface area contributed by atoms with E-state index in [9.17, 15) is 18.0 Å². The molecule has 0 heterocycles. The Morgan fingerprint density at radius 2 is 1.62 bits per heavy atom. The number of rotatable bonds is 5. The third kappa shape index (κ3) is 4.42. The summed E-state index contributed by atoms with van der Waals surface area (Å²) in [6.45, 7) is 2.96. The van der Waals surface area contributed by atoms with Gasteiger partial charge in [-0.3, -0.25) is 9.59 Å². The molecule has 24 heavy (non-hydrogen) atoms. The first-order valence-corrected chi connectivity index (χ1v) is 8.99. The topological polar surface area (TPSA) is 92.3 Å². The van der Waals surface area contributed by atoms with Crippen LogP contribution in [0.4, 0.5) is 11.4 Å². The van der Waals surface area contributed by atoms with Gasteiger partial charge in [-0.25, -0.2) is 8.42 Å². The van der Waals surface area contributed by atoms with Gasteiger partial charge in [-0.05, 0) is 42.5 Å². The zero-order chi connectivity index (χ0) is 17.7. The van der Waals surface area contributed by atoms with Crippen LogP contribution < -0.4 is 10.6 Å². The highest BCUT2D eigenvalue weighted by molar-refractivity contribution is 7.91. The number of hydrogen-bond donors (Lipinski definition) is 2. The van der Waals surface area contributed by atoms with Gasteiger partial charge in [0, 0.05) is 23.9 Å². The maximum atomic E-state index is 12.2. The van der Waals surface area contributed by atoms with E-state index >= 15 is 0 Å². The predicted octanol–water partition coefficient (Wildman–Crippen LogP) is 2.69. The van der Waals surface area contributed by atoms with Gasteiger partial charge in [-0.1, -0.05) is 13.0 Å². The van der Waals surface area contributed by atoms with E-state index in [0.717, 1.165) is 0 Å². The molecule has 0 spiro atoms. The predicted molar refractivity (Wildman–Crippen MR) is 92.9 cm³/mol. The first-order valence-electron chi connectivity index (χ1n) is 7.33. The second-order valence-electron chi connectivity index (χ2n) is 5.14. The van der Waals surface area contributed by atoms with Crippen molar-refractivity contribution in [2.24, 2.45) is 0 Å². The Bertz CT molecular complexity index is 858. The molecule has 0 aliphatic heterocycles. The molecule has 7 heteroatoms. The van der Waals surface area contributed by atoms with Crippen LogP contribution >= 0.6 is 0 Å². The minimum Gasteiger partial charge on any atom is -0.326 e. The molecular formula is C17H18N2O4S. The molecule has 0 saturated heterocycles. The maximum absolute atomic E-state index is 12.2. The Balaban J connectivity index is 2.14. The zero-order valence-corrected chi connectivity index (χ0v) is 14.2. The number of anilines is 2. The van der Waals surface area contributed by atoms with Gasteiger partial charge in [0.25, 0.3) is 5.91 Å². The molecule has 0 aliphatic rings. The largest absolute Gasteiger partial charge is 0.326 e. The molecule has 0 unspecified atom stereocenters. The Kier molecular flexibility index (Phi) is 5.35. The molecule has 6 nitrogen and oxygen atoms in total. The van der Waals surface area contributed by atoms with Crippen molar-refractivity contribution in [1.29, 1.82) is 0 Å². The molecule has 0 saturated carbocycles. The number of amides is 2. The summed E-state index contributed by atoms with van der Waals surface area (Å²) in [5.41, 5.74) is 1.39. The first kappa shape index (κ1) is 17.7. The summed E-state index contributed by atoms with van der Waals surface area (Å²) in [4.78, 5) is 23.5. The minimum atomic E-state index is -3.27. The standard InChI is InChI=1S/C17H18N2O4S/c1-3-24(22,23)16-9-7-14(8-10-16)19-17(21)13-5-4-6-15(11-13)18-12(2)20/h4-11H,3H2,1-2H3,(H,18,20)(H,19,21). The maximum Gasteiger partial charge on any atom is 0.255 e. The molecule has 126 valence electrons. The van der Waals surface area contributed by atoms with Crippen LogP contribution in [-0.4, -0.2) is 26.0 Å². The molecule has 0 bridgehead atoms. The Morgan fingerprint density at radius 1 is 0.958 bits per heavy atom. The lowest BCUT2D eigenvalue weighted by molar-refractivity contribution is -0.114. The lowest BCUT2D eigenvalue weighted by atomic mass is 10.2. The molecule has 0 fully saturated rings. The molecule has 0 aromatic heterocycles. The van der Waals surface area contributed by atoms with Crippen molar-refractivity contribution in [1.82, 2.24) is 0 Å². The second kappa shape index (κ2) is 7.27. The van der Waals surface area contributed by atoms with E-state index in [1.54, 1.807) is 31.2 Å². The Hall–Kier alpha value is -2.67. The van der Waals surface area contributed by atoms with Crippen LogP contribution in [0.2, 0.25) is 0 Å². The smallest absolute Gasteiger partial charge is 0.255 e. The molecule has 2 rings (SSSR count). The van der Waals surface area contributed by atoms with E-state index in [1.807, 2.05) is 0 Å². The van der Waals surface area contributed by atoms with E-state index in [2.05, 4.69) is 10.6 Å². The highest BCUT2D eigenvalue weighted by atomic mass is 32.2. The lowest BCUT2D eigenvalue weighted by Gasteiger charge is -2.08. The van der Waals surface area contributed by atoms with Crippen LogP contribution in [0.15, 0.2) is 53.4 Å². The number of carbonyl (C=O) groups excluding carboxylic acids is 2. The molecule has 2 aromatic carbocycles. The van der Waals surface area contributed by atoms with Crippen molar-refractivity contribution in [2.75, 3.05) is 16.4 Å². The van der Waals surface area contributed by atoms with E-state index in [1.165, 1.54) is 31.2 Å². The van der Waals surface area contributed by atoms with Gasteiger partial charge in [0.1, 0.15) is 0 Å². The molecule has 0 atom stereocenters. The summed E-state index contributed by atoms with van der Waals surface area (Å²) in [6, 6.07) is 12.5. The monoisotopic (exact) mass is 346 g/mol. The number of sulfone groups is 1. The summed E-state index contributed by atoms with van der Waals surface area (Å²) in [5.74, 6) is -0.553. The van der Waals surface area contributed by atoms with Gasteiger partial charge in [-0.2, -0.15) is 0 Å². The van der Waals surface area contributed by atoms with Crippen molar-refractivity contribution in [3.05, 3.63) is 54.1 Å². The first-order chi connectivity index (χ1) is 11.3. The number of carbonyl (C=O) groups is 2. The van der Waals surface area contributed by atoms with Crippen LogP contribution in [0.3, 0.4) is 0 Å². The summed E-state index contributed by atoms with van der Waals surface area (Å²) < 4.78 is 23.5. The summed E-state index contributed by atoms with van der Waals surface area (Å²) in [5, 5.41) is 5.30. The zero-order valence-electron chi connectivity index (χ0n) is 13.4. The minimum absolute atomic E-state index is 0.0225. The van der Waals surface area contributed by atoms with Crippen LogP contribution in [-0.2, 0) is 14.6 Å². The third-order valence-corrected chi connectivity index (χ3v) is 5.05. The van der Waals surface area contributed by atoms with Crippen LogP contribution in [0.5, 0.6) is 0 Å². The fourth-order valence-electron chi connectivity index (χ4n) is 2.06. The average molecular weight is 346 g/mol. The quantitative estimate of drug-likeness (QED) is 0.870. The average Bonchev–Trinajstić information content (AvgIpc) is 2.55. The third-order valence-electron chi connectivity index (χ3n) is 3.30. The van der Waals surface area contributed by atoms with Crippen molar-refractivity contribution >= 4 is 33.0 Å². The fraction of sp³-hybridized carbons (Fsp3) is 0.176. The van der Waals surface area contributed by atoms with E-state index in [4.69, 9.17) is 0 Å². The van der Waals surface area contributed by atoms with Gasteiger partial charge in [0.05, 0.1) is 10.6 Å². The van der Waals surface area contributed by atoms with E-state index in [0.29, 0.717) is 16.9 Å². The Labute approximate surface area is 140 Å². The van der Waals surface area contributed by atoms with Gasteiger partial charge >= 0.3 is 0 Å². The second-order valence-corrected chi connectivity index (χ2v) is 7.42. The number of benzene rings is 2. The van der Waals surface area contributed by atoms with Crippen molar-refractivity contribution in [3.8, 4) is 0 Å². The molecular weight excluding hydrogens is 328 g/mol. The van der Waals surface area contributed by atoms with Crippen molar-refractivity contribution in [3.63, 3.8) is 0 Å². The molecule has 2 aromatic rings. The Morgan fingerprint density at radius 3 is 2.21 bits per heavy atom. The fourth-order valence-corrected chi connectivity index (χ4v) is 2.94. The lowest BCUT2D eigenvalue weighted by Crippen LogP contribution is -2.13. The summed E-state index contributed by atoms with van der Waals surface area (Å²) >= 11 is 0. The van der Waals surface area contributed by atoms with Gasteiger partial charge in [0.15, 0.2) is 9.84 Å². The van der Waals surface area contributed by atoms with Gasteiger partial charge in [-0.15, -0.1) is 0 Å². The van der Waals surface area contributed by atoms with Crippen LogP contribution in [0.25, 0.3) is 0 Å². The molecule has 2 amide bonds. The highest BCUT2D eigenvalue weighted by Crippen LogP contribution is 2.17.